The van der Waals surface area contributed by atoms with E-state index in [-0.39, 0.29) is 31.3 Å². The first-order valence-corrected chi connectivity index (χ1v) is 15.0. The van der Waals surface area contributed by atoms with E-state index in [9.17, 15) is 24.6 Å². The zero-order chi connectivity index (χ0) is 31.9. The molecule has 0 amide bonds. The first-order chi connectivity index (χ1) is 20.3. The number of aliphatic hydroxyl groups is 1. The van der Waals surface area contributed by atoms with Gasteiger partial charge in [-0.1, -0.05) is 77.1 Å². The van der Waals surface area contributed by atoms with Gasteiger partial charge in [-0.2, -0.15) is 0 Å². The van der Waals surface area contributed by atoms with E-state index >= 15 is 0 Å². The van der Waals surface area contributed by atoms with Gasteiger partial charge in [0.15, 0.2) is 11.9 Å². The van der Waals surface area contributed by atoms with Crippen molar-refractivity contribution in [2.75, 3.05) is 6.61 Å². The van der Waals surface area contributed by atoms with E-state index in [0.717, 1.165) is 18.4 Å². The van der Waals surface area contributed by atoms with Gasteiger partial charge in [-0.25, -0.2) is 9.59 Å². The third-order valence-electron chi connectivity index (χ3n) is 8.58. The summed E-state index contributed by atoms with van der Waals surface area (Å²) in [4.78, 5) is 37.4. The number of aliphatic hydroxyl groups excluding tert-OH is 1. The molecular formula is C33H47NO9. The minimum absolute atomic E-state index is 0.0413. The molecule has 2 bridgehead atoms. The van der Waals surface area contributed by atoms with Crippen LogP contribution in [0.5, 0.6) is 0 Å². The Labute approximate surface area is 254 Å². The zero-order valence-electron chi connectivity index (χ0n) is 25.9. The van der Waals surface area contributed by atoms with E-state index in [4.69, 9.17) is 24.7 Å². The van der Waals surface area contributed by atoms with Crippen LogP contribution in [-0.2, 0) is 39.8 Å². The maximum Gasteiger partial charge on any atom is 0.341 e. The Morgan fingerprint density at radius 2 is 1.88 bits per heavy atom. The lowest BCUT2D eigenvalue weighted by Crippen LogP contribution is -2.65. The second-order valence-corrected chi connectivity index (χ2v) is 12.2. The highest BCUT2D eigenvalue weighted by Crippen LogP contribution is 2.49. The molecule has 0 aliphatic carbocycles. The number of rotatable bonds is 15. The number of carboxylic acids is 1. The topological polar surface area (TPSA) is 155 Å². The Kier molecular flexibility index (Phi) is 11.7. The number of carbonyl (C=O) groups is 3. The molecule has 0 saturated carbocycles. The van der Waals surface area contributed by atoms with Crippen molar-refractivity contribution in [2.24, 2.45) is 23.5 Å². The Morgan fingerprint density at radius 1 is 1.21 bits per heavy atom. The van der Waals surface area contributed by atoms with Crippen molar-refractivity contribution in [3.05, 3.63) is 60.2 Å². The van der Waals surface area contributed by atoms with Crippen LogP contribution in [0.2, 0.25) is 0 Å². The van der Waals surface area contributed by atoms with Gasteiger partial charge in [0, 0.05) is 25.3 Å². The summed E-state index contributed by atoms with van der Waals surface area (Å²) in [6.07, 6.45) is 1.64. The minimum Gasteiger partial charge on any atom is -0.479 e. The van der Waals surface area contributed by atoms with E-state index in [1.54, 1.807) is 6.08 Å². The van der Waals surface area contributed by atoms with Crippen LogP contribution in [0.3, 0.4) is 0 Å². The molecule has 0 aromatic heterocycles. The van der Waals surface area contributed by atoms with Gasteiger partial charge in [-0.15, -0.1) is 0 Å². The molecular weight excluding hydrogens is 554 g/mol. The second-order valence-electron chi connectivity index (χ2n) is 12.2. The normalized spacial score (nSPS) is 29.4. The van der Waals surface area contributed by atoms with Crippen molar-refractivity contribution in [1.29, 1.82) is 0 Å². The monoisotopic (exact) mass is 601 g/mol. The molecule has 10 nitrogen and oxygen atoms in total. The number of fused-ring (bicyclic) bond motifs is 2. The SMILES string of the molecule is C=C(CC[C@]12OC[C@@H](N)[C@](C(=O)O)(O1)[C@H](OC(=O)/C=C/[C@@H](C)C[C@@H](C)CC)[C@H]2O)[C@@H](OC(C)=O)[C@H](C)Cc1ccccc1. The average Bonchev–Trinajstić information content (AvgIpc) is 3.17. The molecule has 0 radical (unpaired) electrons. The molecule has 43 heavy (non-hydrogen) atoms. The fourth-order valence-electron chi connectivity index (χ4n) is 6.01. The van der Waals surface area contributed by atoms with Crippen molar-refractivity contribution < 1.29 is 43.5 Å². The van der Waals surface area contributed by atoms with Gasteiger partial charge >= 0.3 is 17.9 Å². The summed E-state index contributed by atoms with van der Waals surface area (Å²) in [6, 6.07) is 8.54. The van der Waals surface area contributed by atoms with Crippen molar-refractivity contribution in [2.45, 2.75) is 102 Å². The summed E-state index contributed by atoms with van der Waals surface area (Å²) in [6.45, 7) is 13.4. The van der Waals surface area contributed by atoms with Gasteiger partial charge in [-0.3, -0.25) is 4.79 Å². The van der Waals surface area contributed by atoms with Crippen LogP contribution >= 0.6 is 0 Å². The number of esters is 2. The molecule has 9 atom stereocenters. The van der Waals surface area contributed by atoms with Crippen LogP contribution in [0.15, 0.2) is 54.6 Å². The van der Waals surface area contributed by atoms with Gasteiger partial charge in [0.1, 0.15) is 12.2 Å². The second kappa shape index (κ2) is 14.6. The first-order valence-electron chi connectivity index (χ1n) is 15.0. The predicted molar refractivity (Wildman–Crippen MR) is 160 cm³/mol. The summed E-state index contributed by atoms with van der Waals surface area (Å²) in [5.74, 6) is -4.15. The molecule has 2 aliphatic heterocycles. The van der Waals surface area contributed by atoms with E-state index in [1.807, 2.05) is 44.2 Å². The largest absolute Gasteiger partial charge is 0.479 e. The van der Waals surface area contributed by atoms with E-state index < -0.39 is 53.6 Å². The molecule has 3 rings (SSSR count). The van der Waals surface area contributed by atoms with Crippen LogP contribution in [0.1, 0.15) is 65.9 Å². The van der Waals surface area contributed by atoms with E-state index in [2.05, 4.69) is 20.4 Å². The van der Waals surface area contributed by atoms with Crippen molar-refractivity contribution in [3.8, 4) is 0 Å². The standard InChI is InChI=1S/C33H47NO9/c1-7-20(2)17-21(3)13-14-27(36)42-30-29(37)32(40-19-26(34)33(30,43-32)31(38)39)16-15-22(4)28(41-24(6)35)23(5)18-25-11-9-8-10-12-25/h8-14,20-21,23,26,28-30,37H,4,7,15-19,34H2,1-3,5-6H3,(H,38,39)/b14-13+/t20-,21+,23+,26+,28+,29+,30+,32-,33-/m0/s1. The number of aliphatic carboxylic acids is 1. The number of carbonyl (C=O) groups excluding carboxylic acids is 2. The lowest BCUT2D eigenvalue weighted by atomic mass is 9.86. The summed E-state index contributed by atoms with van der Waals surface area (Å²) < 4.78 is 23.1. The Hall–Kier alpha value is -3.05. The number of hydrogen-bond donors (Lipinski definition) is 3. The minimum atomic E-state index is -2.22. The van der Waals surface area contributed by atoms with E-state index in [0.29, 0.717) is 17.9 Å². The quantitative estimate of drug-likeness (QED) is 0.153. The molecule has 0 unspecified atom stereocenters. The number of ether oxygens (including phenoxy) is 4. The van der Waals surface area contributed by atoms with Crippen molar-refractivity contribution in [1.82, 2.24) is 0 Å². The van der Waals surface area contributed by atoms with Gasteiger partial charge < -0.3 is 34.9 Å². The summed E-state index contributed by atoms with van der Waals surface area (Å²) >= 11 is 0. The van der Waals surface area contributed by atoms with Crippen LogP contribution in [0.4, 0.5) is 0 Å². The number of nitrogens with two attached hydrogens (primary N) is 1. The third-order valence-corrected chi connectivity index (χ3v) is 8.58. The lowest BCUT2D eigenvalue weighted by molar-refractivity contribution is -0.313. The molecule has 238 valence electrons. The van der Waals surface area contributed by atoms with E-state index in [1.165, 1.54) is 13.0 Å². The molecule has 2 saturated heterocycles. The molecule has 2 fully saturated rings. The highest BCUT2D eigenvalue weighted by atomic mass is 16.8. The summed E-state index contributed by atoms with van der Waals surface area (Å²) in [7, 11) is 0. The highest BCUT2D eigenvalue weighted by molar-refractivity contribution is 5.85. The summed E-state index contributed by atoms with van der Waals surface area (Å²) in [5, 5.41) is 21.7. The molecule has 2 heterocycles. The zero-order valence-corrected chi connectivity index (χ0v) is 25.9. The number of allylic oxidation sites excluding steroid dienone is 1. The Bertz CT molecular complexity index is 1170. The smallest absolute Gasteiger partial charge is 0.341 e. The van der Waals surface area contributed by atoms with Gasteiger partial charge in [0.25, 0.3) is 0 Å². The van der Waals surface area contributed by atoms with Gasteiger partial charge in [-0.05, 0) is 42.2 Å². The van der Waals surface area contributed by atoms with Crippen LogP contribution in [-0.4, -0.2) is 70.5 Å². The number of carboxylic acid groups (broad SMARTS) is 1. The molecule has 4 N–H and O–H groups in total. The maximum atomic E-state index is 12.8. The van der Waals surface area contributed by atoms with Crippen LogP contribution in [0, 0.1) is 17.8 Å². The highest BCUT2D eigenvalue weighted by Gasteiger charge is 2.73. The molecule has 10 heteroatoms. The molecule has 1 aromatic carbocycles. The number of hydrogen-bond acceptors (Lipinski definition) is 9. The van der Waals surface area contributed by atoms with Crippen LogP contribution in [0.25, 0.3) is 0 Å². The fourth-order valence-corrected chi connectivity index (χ4v) is 6.01. The van der Waals surface area contributed by atoms with Crippen molar-refractivity contribution in [3.63, 3.8) is 0 Å². The van der Waals surface area contributed by atoms with Gasteiger partial charge in [0.05, 0.1) is 12.6 Å². The first kappa shape index (κ1) is 34.4. The average molecular weight is 602 g/mol. The Balaban J connectivity index is 1.78. The summed E-state index contributed by atoms with van der Waals surface area (Å²) in [5.41, 5.74) is 5.57. The van der Waals surface area contributed by atoms with Crippen LogP contribution < -0.4 is 5.73 Å². The van der Waals surface area contributed by atoms with Gasteiger partial charge in [0.2, 0.25) is 5.60 Å². The molecule has 2 aliphatic rings. The third kappa shape index (κ3) is 7.92. The maximum absolute atomic E-state index is 12.8. The molecule has 1 aromatic rings. The van der Waals surface area contributed by atoms with Crippen molar-refractivity contribution >= 4 is 17.9 Å². The molecule has 0 spiro atoms. The fraction of sp³-hybridized carbons (Fsp3) is 0.606. The predicted octanol–water partition coefficient (Wildman–Crippen LogP) is 3.94. The number of benzene rings is 1. The Morgan fingerprint density at radius 3 is 2.49 bits per heavy atom. The lowest BCUT2D eigenvalue weighted by Gasteiger charge is -2.41.